The average molecular weight is 414 g/mol. The third kappa shape index (κ3) is 3.90. The van der Waals surface area contributed by atoms with Gasteiger partial charge in [-0.15, -0.1) is 0 Å². The summed E-state index contributed by atoms with van der Waals surface area (Å²) in [6, 6.07) is 22.2. The Balaban J connectivity index is 1.53. The van der Waals surface area contributed by atoms with E-state index < -0.39 is 0 Å². The monoisotopic (exact) mass is 413 g/mol. The molecule has 0 unspecified atom stereocenters. The van der Waals surface area contributed by atoms with Gasteiger partial charge in [0.15, 0.2) is 0 Å². The molecule has 2 bridgehead atoms. The van der Waals surface area contributed by atoms with Gasteiger partial charge in [-0.05, 0) is 78.1 Å². The highest BCUT2D eigenvalue weighted by Gasteiger charge is 2.40. The second-order valence-electron chi connectivity index (χ2n) is 8.96. The third-order valence-electron chi connectivity index (χ3n) is 7.02. The number of hydrogen-bond donors (Lipinski definition) is 3. The quantitative estimate of drug-likeness (QED) is 0.504. The maximum Gasteiger partial charge on any atom is 0.251 e. The number of phenolic OH excluding ortho intramolecular Hbond substituents is 2. The lowest BCUT2D eigenvalue weighted by molar-refractivity contribution is 0.0922. The van der Waals surface area contributed by atoms with Gasteiger partial charge in [0.1, 0.15) is 11.5 Å². The fourth-order valence-electron chi connectivity index (χ4n) is 5.51. The van der Waals surface area contributed by atoms with Crippen molar-refractivity contribution in [3.05, 3.63) is 95.1 Å². The van der Waals surface area contributed by atoms with Crippen LogP contribution in [0.4, 0.5) is 0 Å². The third-order valence-corrected chi connectivity index (χ3v) is 7.02. The molecule has 2 fully saturated rings. The fraction of sp³-hybridized carbons (Fsp3) is 0.296. The van der Waals surface area contributed by atoms with E-state index >= 15 is 0 Å². The summed E-state index contributed by atoms with van der Waals surface area (Å²) in [5, 5.41) is 22.9. The van der Waals surface area contributed by atoms with Crippen LogP contribution in [0.3, 0.4) is 0 Å². The Morgan fingerprint density at radius 2 is 1.42 bits per heavy atom. The van der Waals surface area contributed by atoms with Crippen molar-refractivity contribution in [3.8, 4) is 11.5 Å². The number of phenols is 2. The van der Waals surface area contributed by atoms with Gasteiger partial charge in [-0.25, -0.2) is 0 Å². The molecule has 3 aromatic carbocycles. The molecule has 0 spiro atoms. The first-order chi connectivity index (χ1) is 15.1. The van der Waals surface area contributed by atoms with Crippen LogP contribution in [-0.2, 0) is 0 Å². The zero-order valence-corrected chi connectivity index (χ0v) is 17.4. The second kappa shape index (κ2) is 8.10. The minimum Gasteiger partial charge on any atom is -0.508 e. The van der Waals surface area contributed by atoms with Gasteiger partial charge in [0.25, 0.3) is 5.91 Å². The SMILES string of the molecule is O=C(N[C@H]1C[C@@H]2CC[C@H]1C2)c1ccccc1C(c1ccc(O)cc1)c1ccc(O)cc1. The van der Waals surface area contributed by atoms with Crippen molar-refractivity contribution < 1.29 is 15.0 Å². The van der Waals surface area contributed by atoms with E-state index in [2.05, 4.69) is 5.32 Å². The molecule has 3 N–H and O–H groups in total. The van der Waals surface area contributed by atoms with Crippen LogP contribution >= 0.6 is 0 Å². The number of carbonyl (C=O) groups excluding carboxylic acids is 1. The van der Waals surface area contributed by atoms with Gasteiger partial charge in [0, 0.05) is 17.5 Å². The van der Waals surface area contributed by atoms with E-state index in [1.54, 1.807) is 24.3 Å². The predicted octanol–water partition coefficient (Wildman–Crippen LogP) is 5.20. The van der Waals surface area contributed by atoms with E-state index in [9.17, 15) is 15.0 Å². The van der Waals surface area contributed by atoms with E-state index in [0.717, 1.165) is 29.0 Å². The minimum atomic E-state index is -0.192. The van der Waals surface area contributed by atoms with Crippen molar-refractivity contribution in [2.24, 2.45) is 11.8 Å². The second-order valence-corrected chi connectivity index (χ2v) is 8.96. The molecule has 3 aromatic rings. The molecule has 3 atom stereocenters. The van der Waals surface area contributed by atoms with Gasteiger partial charge in [0.05, 0.1) is 0 Å². The molecule has 2 aliphatic carbocycles. The van der Waals surface area contributed by atoms with Gasteiger partial charge in [0.2, 0.25) is 0 Å². The molecule has 0 aromatic heterocycles. The van der Waals surface area contributed by atoms with Gasteiger partial charge < -0.3 is 15.5 Å². The Morgan fingerprint density at radius 1 is 0.806 bits per heavy atom. The summed E-state index contributed by atoms with van der Waals surface area (Å²) in [6.07, 6.45) is 4.87. The van der Waals surface area contributed by atoms with Crippen LogP contribution in [0.2, 0.25) is 0 Å². The molecule has 5 rings (SSSR count). The first-order valence-electron chi connectivity index (χ1n) is 11.1. The molecule has 0 aliphatic heterocycles. The number of nitrogens with one attached hydrogen (secondary N) is 1. The van der Waals surface area contributed by atoms with Crippen LogP contribution in [0.15, 0.2) is 72.8 Å². The fourth-order valence-corrected chi connectivity index (χ4v) is 5.51. The lowest BCUT2D eigenvalue weighted by Crippen LogP contribution is -2.39. The zero-order chi connectivity index (χ0) is 21.4. The smallest absolute Gasteiger partial charge is 0.251 e. The first kappa shape index (κ1) is 19.7. The average Bonchev–Trinajstić information content (AvgIpc) is 3.40. The number of amides is 1. The van der Waals surface area contributed by atoms with Gasteiger partial charge in [-0.2, -0.15) is 0 Å². The number of fused-ring (bicyclic) bond motifs is 2. The zero-order valence-electron chi connectivity index (χ0n) is 17.4. The van der Waals surface area contributed by atoms with Crippen LogP contribution in [0.25, 0.3) is 0 Å². The van der Waals surface area contributed by atoms with Gasteiger partial charge in [-0.1, -0.05) is 48.9 Å². The van der Waals surface area contributed by atoms with E-state index in [4.69, 9.17) is 0 Å². The molecule has 4 heteroatoms. The van der Waals surface area contributed by atoms with Crippen LogP contribution in [0.5, 0.6) is 11.5 Å². The Morgan fingerprint density at radius 3 is 1.97 bits per heavy atom. The highest BCUT2D eigenvalue weighted by atomic mass is 16.3. The maximum absolute atomic E-state index is 13.4. The lowest BCUT2D eigenvalue weighted by Gasteiger charge is -2.25. The van der Waals surface area contributed by atoms with Crippen molar-refractivity contribution in [1.82, 2.24) is 5.32 Å². The normalized spacial score (nSPS) is 22.0. The molecular formula is C27H27NO3. The number of aromatic hydroxyl groups is 2. The van der Waals surface area contributed by atoms with Crippen molar-refractivity contribution in [2.45, 2.75) is 37.6 Å². The standard InChI is InChI=1S/C27H27NO3/c29-21-11-7-18(8-12-21)26(19-9-13-22(30)14-10-19)23-3-1-2-4-24(23)27(31)28-25-16-17-5-6-20(25)15-17/h1-4,7-14,17,20,25-26,29-30H,5-6,15-16H2,(H,28,31)/t17-,20+,25+/m1/s1. The Labute approximate surface area is 182 Å². The summed E-state index contributed by atoms with van der Waals surface area (Å²) in [5.41, 5.74) is 3.54. The predicted molar refractivity (Wildman–Crippen MR) is 120 cm³/mol. The van der Waals surface area contributed by atoms with E-state index in [1.165, 1.54) is 19.3 Å². The molecule has 158 valence electrons. The maximum atomic E-state index is 13.4. The van der Waals surface area contributed by atoms with Gasteiger partial charge in [-0.3, -0.25) is 4.79 Å². The highest BCUT2D eigenvalue weighted by molar-refractivity contribution is 5.96. The molecule has 1 amide bonds. The Hall–Kier alpha value is -3.27. The lowest BCUT2D eigenvalue weighted by atomic mass is 9.82. The Kier molecular flexibility index (Phi) is 5.14. The minimum absolute atomic E-state index is 0.0179. The molecule has 31 heavy (non-hydrogen) atoms. The molecule has 0 radical (unpaired) electrons. The van der Waals surface area contributed by atoms with Crippen LogP contribution in [0.1, 0.15) is 58.6 Å². The summed E-state index contributed by atoms with van der Waals surface area (Å²) in [6.45, 7) is 0. The number of carbonyl (C=O) groups is 1. The summed E-state index contributed by atoms with van der Waals surface area (Å²) < 4.78 is 0. The van der Waals surface area contributed by atoms with Crippen molar-refractivity contribution >= 4 is 5.91 Å². The first-order valence-corrected chi connectivity index (χ1v) is 11.1. The summed E-state index contributed by atoms with van der Waals surface area (Å²) >= 11 is 0. The molecule has 0 saturated heterocycles. The van der Waals surface area contributed by atoms with E-state index in [1.807, 2.05) is 48.5 Å². The number of rotatable bonds is 5. The number of hydrogen-bond acceptors (Lipinski definition) is 3. The summed E-state index contributed by atoms with van der Waals surface area (Å²) in [4.78, 5) is 13.4. The van der Waals surface area contributed by atoms with Crippen LogP contribution in [-0.4, -0.2) is 22.2 Å². The van der Waals surface area contributed by atoms with E-state index in [0.29, 0.717) is 11.5 Å². The van der Waals surface area contributed by atoms with E-state index in [-0.39, 0.29) is 29.4 Å². The number of benzene rings is 3. The molecular weight excluding hydrogens is 386 g/mol. The van der Waals surface area contributed by atoms with Crippen LogP contribution in [0, 0.1) is 11.8 Å². The Bertz CT molecular complexity index is 1030. The largest absolute Gasteiger partial charge is 0.508 e. The van der Waals surface area contributed by atoms with Crippen molar-refractivity contribution in [2.75, 3.05) is 0 Å². The highest BCUT2D eigenvalue weighted by Crippen LogP contribution is 2.44. The molecule has 2 aliphatic rings. The molecule has 0 heterocycles. The topological polar surface area (TPSA) is 69.6 Å². The summed E-state index contributed by atoms with van der Waals surface area (Å²) in [5.74, 6) is 1.59. The molecule has 2 saturated carbocycles. The van der Waals surface area contributed by atoms with Crippen molar-refractivity contribution in [3.63, 3.8) is 0 Å². The molecule has 4 nitrogen and oxygen atoms in total. The van der Waals surface area contributed by atoms with Crippen LogP contribution < -0.4 is 5.32 Å². The van der Waals surface area contributed by atoms with Crippen molar-refractivity contribution in [1.29, 1.82) is 0 Å². The van der Waals surface area contributed by atoms with Gasteiger partial charge >= 0.3 is 0 Å². The summed E-state index contributed by atoms with van der Waals surface area (Å²) in [7, 11) is 0.